The largest absolute Gasteiger partial charge is 0.394 e. The SMILES string of the molecule is CCc1nn(C)c(N2CCCC(CC)C2)c1N. The highest BCUT2D eigenvalue weighted by Crippen LogP contribution is 2.30. The first-order chi connectivity index (χ1) is 8.17. The Kier molecular flexibility index (Phi) is 3.60. The summed E-state index contributed by atoms with van der Waals surface area (Å²) < 4.78 is 1.95. The molecule has 1 aliphatic rings. The summed E-state index contributed by atoms with van der Waals surface area (Å²) in [7, 11) is 2.00. The summed E-state index contributed by atoms with van der Waals surface area (Å²) >= 11 is 0. The van der Waals surface area contributed by atoms with Crippen LogP contribution < -0.4 is 10.6 Å². The van der Waals surface area contributed by atoms with Gasteiger partial charge in [-0.25, -0.2) is 0 Å². The van der Waals surface area contributed by atoms with Gasteiger partial charge in [0.05, 0.1) is 11.4 Å². The number of piperidine rings is 1. The third-order valence-electron chi connectivity index (χ3n) is 3.86. The number of aromatic nitrogens is 2. The third kappa shape index (κ3) is 2.26. The molecule has 17 heavy (non-hydrogen) atoms. The Hall–Kier alpha value is -1.19. The van der Waals surface area contributed by atoms with E-state index in [2.05, 4.69) is 23.8 Å². The van der Waals surface area contributed by atoms with E-state index in [1.54, 1.807) is 0 Å². The lowest BCUT2D eigenvalue weighted by Gasteiger charge is -2.34. The van der Waals surface area contributed by atoms with Gasteiger partial charge >= 0.3 is 0 Å². The minimum Gasteiger partial charge on any atom is -0.394 e. The molecule has 1 aliphatic heterocycles. The molecule has 1 fully saturated rings. The van der Waals surface area contributed by atoms with Crippen molar-refractivity contribution in [2.75, 3.05) is 23.7 Å². The molecule has 1 unspecified atom stereocenters. The normalized spacial score (nSPS) is 20.9. The molecule has 96 valence electrons. The first-order valence-electron chi connectivity index (χ1n) is 6.73. The van der Waals surface area contributed by atoms with E-state index >= 15 is 0 Å². The highest BCUT2D eigenvalue weighted by Gasteiger charge is 2.24. The fraction of sp³-hybridized carbons (Fsp3) is 0.769. The number of nitrogens with zero attached hydrogens (tertiary/aromatic N) is 3. The molecule has 2 heterocycles. The van der Waals surface area contributed by atoms with Crippen LogP contribution in [0.15, 0.2) is 0 Å². The van der Waals surface area contributed by atoms with Crippen LogP contribution in [0.25, 0.3) is 0 Å². The smallest absolute Gasteiger partial charge is 0.150 e. The van der Waals surface area contributed by atoms with Gasteiger partial charge in [0, 0.05) is 20.1 Å². The second-order valence-electron chi connectivity index (χ2n) is 5.02. The van der Waals surface area contributed by atoms with E-state index in [1.165, 1.54) is 19.3 Å². The fourth-order valence-corrected chi connectivity index (χ4v) is 2.81. The first kappa shape index (κ1) is 12.3. The standard InChI is InChI=1S/C13H24N4/c1-4-10-7-6-8-17(9-10)13-12(14)11(5-2)15-16(13)3/h10H,4-9,14H2,1-3H3. The van der Waals surface area contributed by atoms with Crippen molar-refractivity contribution in [3.05, 3.63) is 5.69 Å². The van der Waals surface area contributed by atoms with Crippen LogP contribution in [-0.4, -0.2) is 22.9 Å². The van der Waals surface area contributed by atoms with Crippen LogP contribution in [0.2, 0.25) is 0 Å². The predicted molar refractivity (Wildman–Crippen MR) is 72.2 cm³/mol. The molecule has 0 aromatic carbocycles. The van der Waals surface area contributed by atoms with Gasteiger partial charge in [-0.2, -0.15) is 5.10 Å². The second-order valence-corrected chi connectivity index (χ2v) is 5.02. The lowest BCUT2D eigenvalue weighted by Crippen LogP contribution is -2.36. The van der Waals surface area contributed by atoms with Crippen LogP contribution in [0.3, 0.4) is 0 Å². The van der Waals surface area contributed by atoms with Gasteiger partial charge in [-0.15, -0.1) is 0 Å². The van der Waals surface area contributed by atoms with Crippen molar-refractivity contribution < 1.29 is 0 Å². The van der Waals surface area contributed by atoms with Gasteiger partial charge in [-0.05, 0) is 25.2 Å². The maximum absolute atomic E-state index is 6.21. The van der Waals surface area contributed by atoms with Gasteiger partial charge in [0.15, 0.2) is 0 Å². The Morgan fingerprint density at radius 1 is 1.41 bits per heavy atom. The van der Waals surface area contributed by atoms with Crippen molar-refractivity contribution in [3.8, 4) is 0 Å². The number of rotatable bonds is 3. The highest BCUT2D eigenvalue weighted by molar-refractivity contribution is 5.66. The Morgan fingerprint density at radius 2 is 2.18 bits per heavy atom. The molecule has 1 aromatic heterocycles. The quantitative estimate of drug-likeness (QED) is 0.875. The monoisotopic (exact) mass is 236 g/mol. The van der Waals surface area contributed by atoms with E-state index in [0.717, 1.165) is 42.6 Å². The molecule has 0 saturated carbocycles. The van der Waals surface area contributed by atoms with Crippen molar-refractivity contribution in [2.24, 2.45) is 13.0 Å². The summed E-state index contributed by atoms with van der Waals surface area (Å²) in [6.45, 7) is 6.62. The maximum atomic E-state index is 6.21. The molecule has 2 N–H and O–H groups in total. The number of anilines is 2. The molecule has 2 rings (SSSR count). The van der Waals surface area contributed by atoms with Crippen LogP contribution in [-0.2, 0) is 13.5 Å². The van der Waals surface area contributed by atoms with Gasteiger partial charge < -0.3 is 10.6 Å². The Labute approximate surface area is 104 Å². The first-order valence-corrected chi connectivity index (χ1v) is 6.73. The molecular formula is C13H24N4. The lowest BCUT2D eigenvalue weighted by molar-refractivity contribution is 0.400. The summed E-state index contributed by atoms with van der Waals surface area (Å²) in [5, 5.41) is 4.50. The van der Waals surface area contributed by atoms with E-state index in [1.807, 2.05) is 11.7 Å². The molecule has 1 atom stereocenters. The molecule has 0 aliphatic carbocycles. The fourth-order valence-electron chi connectivity index (χ4n) is 2.81. The molecule has 0 radical (unpaired) electrons. The Balaban J connectivity index is 2.24. The third-order valence-corrected chi connectivity index (χ3v) is 3.86. The number of hydrogen-bond acceptors (Lipinski definition) is 3. The number of hydrogen-bond donors (Lipinski definition) is 1. The van der Waals surface area contributed by atoms with E-state index in [4.69, 9.17) is 5.73 Å². The van der Waals surface area contributed by atoms with E-state index in [9.17, 15) is 0 Å². The van der Waals surface area contributed by atoms with Gasteiger partial charge in [0.25, 0.3) is 0 Å². The van der Waals surface area contributed by atoms with Crippen LogP contribution >= 0.6 is 0 Å². The average molecular weight is 236 g/mol. The van der Waals surface area contributed by atoms with E-state index < -0.39 is 0 Å². The number of aryl methyl sites for hydroxylation is 2. The van der Waals surface area contributed by atoms with Gasteiger partial charge in [0.2, 0.25) is 0 Å². The Bertz CT molecular complexity index is 383. The van der Waals surface area contributed by atoms with Crippen molar-refractivity contribution in [2.45, 2.75) is 39.5 Å². The van der Waals surface area contributed by atoms with Crippen LogP contribution in [0, 0.1) is 5.92 Å². The number of nitrogens with two attached hydrogens (primary N) is 1. The molecule has 1 aromatic rings. The topological polar surface area (TPSA) is 47.1 Å². The minimum absolute atomic E-state index is 0.808. The van der Waals surface area contributed by atoms with Crippen molar-refractivity contribution in [1.29, 1.82) is 0 Å². The number of nitrogen functional groups attached to an aromatic ring is 1. The van der Waals surface area contributed by atoms with Crippen LogP contribution in [0.5, 0.6) is 0 Å². The summed E-state index contributed by atoms with van der Waals surface area (Å²) in [5.74, 6) is 1.93. The van der Waals surface area contributed by atoms with Gasteiger partial charge in [-0.3, -0.25) is 4.68 Å². The molecule has 0 spiro atoms. The van der Waals surface area contributed by atoms with E-state index in [-0.39, 0.29) is 0 Å². The van der Waals surface area contributed by atoms with Crippen molar-refractivity contribution in [1.82, 2.24) is 9.78 Å². The summed E-state index contributed by atoms with van der Waals surface area (Å²) in [6.07, 6.45) is 4.79. The molecular weight excluding hydrogens is 212 g/mol. The molecule has 4 nitrogen and oxygen atoms in total. The summed E-state index contributed by atoms with van der Waals surface area (Å²) in [5.41, 5.74) is 8.12. The average Bonchev–Trinajstić information content (AvgIpc) is 2.64. The molecule has 4 heteroatoms. The van der Waals surface area contributed by atoms with Gasteiger partial charge in [0.1, 0.15) is 5.82 Å². The molecule has 0 bridgehead atoms. The maximum Gasteiger partial charge on any atom is 0.150 e. The van der Waals surface area contributed by atoms with Crippen molar-refractivity contribution >= 4 is 11.5 Å². The zero-order valence-electron chi connectivity index (χ0n) is 11.2. The highest BCUT2D eigenvalue weighted by atomic mass is 15.4. The summed E-state index contributed by atoms with van der Waals surface area (Å²) in [4.78, 5) is 2.42. The Morgan fingerprint density at radius 3 is 2.76 bits per heavy atom. The van der Waals surface area contributed by atoms with Crippen LogP contribution in [0.1, 0.15) is 38.8 Å². The van der Waals surface area contributed by atoms with E-state index in [0.29, 0.717) is 0 Å². The summed E-state index contributed by atoms with van der Waals surface area (Å²) in [6, 6.07) is 0. The zero-order chi connectivity index (χ0) is 12.4. The predicted octanol–water partition coefficient (Wildman–Crippen LogP) is 2.19. The van der Waals surface area contributed by atoms with Crippen LogP contribution in [0.4, 0.5) is 11.5 Å². The molecule has 0 amide bonds. The van der Waals surface area contributed by atoms with Crippen molar-refractivity contribution in [3.63, 3.8) is 0 Å². The lowest BCUT2D eigenvalue weighted by atomic mass is 9.95. The second kappa shape index (κ2) is 4.98. The minimum atomic E-state index is 0.808. The molecule has 1 saturated heterocycles. The van der Waals surface area contributed by atoms with Gasteiger partial charge in [-0.1, -0.05) is 20.3 Å². The zero-order valence-corrected chi connectivity index (χ0v) is 11.2.